The average molecular weight is 595 g/mol. The van der Waals surface area contributed by atoms with Crippen molar-refractivity contribution in [1.82, 2.24) is 16.0 Å². The number of unbranched alkanes of at least 4 members (excludes halogenated alkanes) is 15. The molecule has 0 aromatic carbocycles. The molecule has 0 fully saturated rings. The van der Waals surface area contributed by atoms with E-state index in [1.807, 2.05) is 0 Å². The van der Waals surface area contributed by atoms with Crippen molar-refractivity contribution in [2.75, 3.05) is 39.4 Å². The van der Waals surface area contributed by atoms with Crippen LogP contribution < -0.4 is 21.7 Å². The first-order valence-corrected chi connectivity index (χ1v) is 17.4. The van der Waals surface area contributed by atoms with Gasteiger partial charge in [0.15, 0.2) is 0 Å². The van der Waals surface area contributed by atoms with E-state index in [-0.39, 0.29) is 19.1 Å². The first kappa shape index (κ1) is 40.9. The Hall–Kier alpha value is -1.19. The number of phosphoric ester groups is 1. The second-order valence-electron chi connectivity index (χ2n) is 10.1. The van der Waals surface area contributed by atoms with Crippen molar-refractivity contribution in [3.63, 3.8) is 0 Å². The number of carbonyl (C=O) groups excluding carboxylic acids is 2. The Morgan fingerprint density at radius 3 is 1.52 bits per heavy atom. The Labute approximate surface area is 245 Å². The molecule has 3 amide bonds. The summed E-state index contributed by atoms with van der Waals surface area (Å²) in [6, 6.07) is -0.468. The molecule has 0 aliphatic heterocycles. The van der Waals surface area contributed by atoms with E-state index >= 15 is 0 Å². The van der Waals surface area contributed by atoms with E-state index in [4.69, 9.17) is 10.6 Å². The molecule has 11 heteroatoms. The molecular formula is C29H63N4O6P. The van der Waals surface area contributed by atoms with Gasteiger partial charge in [-0.2, -0.15) is 0 Å². The maximum atomic E-state index is 11.8. The number of amides is 3. The topological polar surface area (TPSA) is 152 Å². The largest absolute Gasteiger partial charge is 0.472 e. The van der Waals surface area contributed by atoms with Gasteiger partial charge in [0, 0.05) is 26.1 Å². The van der Waals surface area contributed by atoms with E-state index in [1.165, 1.54) is 89.9 Å². The smallest absolute Gasteiger partial charge is 0.355 e. The molecule has 0 saturated carbocycles. The summed E-state index contributed by atoms with van der Waals surface area (Å²) in [5, 5.41) is 8.84. The van der Waals surface area contributed by atoms with E-state index in [1.54, 1.807) is 13.8 Å². The van der Waals surface area contributed by atoms with Crippen molar-refractivity contribution in [1.29, 1.82) is 0 Å². The zero-order valence-corrected chi connectivity index (χ0v) is 26.9. The van der Waals surface area contributed by atoms with Gasteiger partial charge in [-0.25, -0.2) is 9.36 Å². The van der Waals surface area contributed by atoms with E-state index in [2.05, 4.69) is 31.9 Å². The molecule has 0 aromatic heterocycles. The second kappa shape index (κ2) is 32.3. The molecule has 0 saturated heterocycles. The minimum absolute atomic E-state index is 0.169. The number of phosphoric acid groups is 1. The van der Waals surface area contributed by atoms with Crippen LogP contribution in [0.25, 0.3) is 0 Å². The van der Waals surface area contributed by atoms with Gasteiger partial charge in [-0.1, -0.05) is 96.8 Å². The Morgan fingerprint density at radius 2 is 1.07 bits per heavy atom. The number of nitrogens with two attached hydrogens (primary N) is 1. The summed E-state index contributed by atoms with van der Waals surface area (Å²) < 4.78 is 19.2. The van der Waals surface area contributed by atoms with Crippen LogP contribution in [0.3, 0.4) is 0 Å². The highest BCUT2D eigenvalue weighted by Gasteiger charge is 2.17. The molecule has 0 bridgehead atoms. The third-order valence-corrected chi connectivity index (χ3v) is 7.46. The van der Waals surface area contributed by atoms with Crippen LogP contribution in [-0.2, 0) is 18.4 Å². The monoisotopic (exact) mass is 594 g/mol. The first-order chi connectivity index (χ1) is 19.3. The lowest BCUT2D eigenvalue weighted by Gasteiger charge is -2.07. The van der Waals surface area contributed by atoms with Gasteiger partial charge >= 0.3 is 13.9 Å². The van der Waals surface area contributed by atoms with Crippen molar-refractivity contribution < 1.29 is 28.1 Å². The van der Waals surface area contributed by atoms with Crippen molar-refractivity contribution in [2.45, 2.75) is 136 Å². The van der Waals surface area contributed by atoms with Gasteiger partial charge < -0.3 is 26.6 Å². The molecule has 240 valence electrons. The fourth-order valence-electron chi connectivity index (χ4n) is 4.11. The van der Waals surface area contributed by atoms with E-state index < -0.39 is 13.9 Å². The quantitative estimate of drug-likeness (QED) is 0.0508. The summed E-state index contributed by atoms with van der Waals surface area (Å²) in [5.74, 6) is 0.169. The second-order valence-corrected chi connectivity index (χ2v) is 11.6. The Kier molecular flexibility index (Phi) is 33.1. The van der Waals surface area contributed by atoms with Crippen molar-refractivity contribution >= 4 is 19.8 Å². The predicted octanol–water partition coefficient (Wildman–Crippen LogP) is 6.56. The molecule has 40 heavy (non-hydrogen) atoms. The zero-order valence-electron chi connectivity index (χ0n) is 26.0. The number of hydrogen-bond acceptors (Lipinski definition) is 6. The molecule has 10 nitrogen and oxygen atoms in total. The maximum Gasteiger partial charge on any atom is 0.472 e. The minimum atomic E-state index is -3.69. The number of rotatable bonds is 28. The van der Waals surface area contributed by atoms with Gasteiger partial charge in [-0.05, 0) is 39.7 Å². The van der Waals surface area contributed by atoms with E-state index in [9.17, 15) is 14.2 Å². The normalized spacial score (nSPS) is 11.1. The van der Waals surface area contributed by atoms with Crippen LogP contribution in [0.1, 0.15) is 136 Å². The Morgan fingerprint density at radius 1 is 0.625 bits per heavy atom. The molecule has 6 N–H and O–H groups in total. The van der Waals surface area contributed by atoms with Crippen LogP contribution in [0.5, 0.6) is 0 Å². The lowest BCUT2D eigenvalue weighted by Crippen LogP contribution is -2.32. The highest BCUT2D eigenvalue weighted by molar-refractivity contribution is 7.47. The number of carbonyl (C=O) groups is 2. The van der Waals surface area contributed by atoms with Gasteiger partial charge in [0.1, 0.15) is 0 Å². The lowest BCUT2D eigenvalue weighted by atomic mass is 10.0. The molecule has 0 aliphatic rings. The molecule has 0 radical (unpaired) electrons. The van der Waals surface area contributed by atoms with Crippen molar-refractivity contribution in [2.24, 2.45) is 5.73 Å². The standard InChI is InChI=1S/C25H52N4O2.C4H11O4P/c1-2-3-4-5-6-7-8-9-10-11-12-13-14-15-16-19-24(30)28-23-22-27-20-17-18-21-29-25(26)31;1-3-7-9(5,6)8-4-2/h27H,2-23H2,1H3,(H,28,30)(H3,26,29,31);3-4H2,1-2H3,(H,5,6). The van der Waals surface area contributed by atoms with Gasteiger partial charge in [-0.15, -0.1) is 0 Å². The summed E-state index contributed by atoms with van der Waals surface area (Å²) >= 11 is 0. The summed E-state index contributed by atoms with van der Waals surface area (Å²) in [7, 11) is -3.69. The van der Waals surface area contributed by atoms with E-state index in [0.29, 0.717) is 19.5 Å². The van der Waals surface area contributed by atoms with Crippen LogP contribution in [0, 0.1) is 0 Å². The predicted molar refractivity (Wildman–Crippen MR) is 165 cm³/mol. The molecule has 0 aliphatic carbocycles. The van der Waals surface area contributed by atoms with Crippen molar-refractivity contribution in [3.05, 3.63) is 0 Å². The van der Waals surface area contributed by atoms with Crippen LogP contribution in [0.15, 0.2) is 0 Å². The van der Waals surface area contributed by atoms with Crippen LogP contribution in [-0.4, -0.2) is 56.2 Å². The zero-order chi connectivity index (χ0) is 30.2. The number of hydrogen-bond donors (Lipinski definition) is 5. The van der Waals surface area contributed by atoms with Crippen LogP contribution in [0.2, 0.25) is 0 Å². The molecule has 0 spiro atoms. The van der Waals surface area contributed by atoms with E-state index in [0.717, 1.165) is 32.4 Å². The van der Waals surface area contributed by atoms with Gasteiger partial charge in [-0.3, -0.25) is 13.8 Å². The molecule has 0 heterocycles. The highest BCUT2D eigenvalue weighted by atomic mass is 31.2. The summed E-state index contributed by atoms with van der Waals surface area (Å²) in [6.07, 6.45) is 22.7. The van der Waals surface area contributed by atoms with Gasteiger partial charge in [0.05, 0.1) is 13.2 Å². The van der Waals surface area contributed by atoms with Crippen molar-refractivity contribution in [3.8, 4) is 0 Å². The minimum Gasteiger partial charge on any atom is -0.355 e. The highest BCUT2D eigenvalue weighted by Crippen LogP contribution is 2.42. The average Bonchev–Trinajstić information content (AvgIpc) is 2.90. The summed E-state index contributed by atoms with van der Waals surface area (Å²) in [6.45, 7) is 8.87. The van der Waals surface area contributed by atoms with Gasteiger partial charge in [0.2, 0.25) is 5.91 Å². The molecule has 0 atom stereocenters. The lowest BCUT2D eigenvalue weighted by molar-refractivity contribution is -0.121. The third kappa shape index (κ3) is 36.8. The first-order valence-electron chi connectivity index (χ1n) is 15.9. The molecular weight excluding hydrogens is 531 g/mol. The Balaban J connectivity index is 0. The molecule has 0 rings (SSSR count). The summed E-state index contributed by atoms with van der Waals surface area (Å²) in [4.78, 5) is 31.0. The number of urea groups is 1. The number of nitrogens with one attached hydrogen (secondary N) is 3. The van der Waals surface area contributed by atoms with Crippen LogP contribution in [0.4, 0.5) is 4.79 Å². The molecule has 0 aromatic rings. The SMILES string of the molecule is CCCCCCCCCCCCCCCCCC(=O)NCCNCCCCNC(N)=O.CCOP(=O)(O)OCC. The third-order valence-electron chi connectivity index (χ3n) is 6.30. The fraction of sp³-hybridized carbons (Fsp3) is 0.931. The van der Waals surface area contributed by atoms with Crippen LogP contribution >= 0.6 is 7.82 Å². The fourth-order valence-corrected chi connectivity index (χ4v) is 4.84. The molecule has 0 unspecified atom stereocenters. The van der Waals surface area contributed by atoms with Gasteiger partial charge in [0.25, 0.3) is 0 Å². The summed E-state index contributed by atoms with van der Waals surface area (Å²) in [5.41, 5.74) is 5.00. The number of primary amides is 1. The Bertz CT molecular complexity index is 603. The maximum absolute atomic E-state index is 11.8.